The van der Waals surface area contributed by atoms with Gasteiger partial charge in [0.2, 0.25) is 0 Å². The maximum atomic E-state index is 12.2. The summed E-state index contributed by atoms with van der Waals surface area (Å²) in [5, 5.41) is 6.84. The summed E-state index contributed by atoms with van der Waals surface area (Å²) >= 11 is 1.53. The zero-order valence-corrected chi connectivity index (χ0v) is 14.7. The van der Waals surface area contributed by atoms with Crippen molar-refractivity contribution in [1.29, 1.82) is 0 Å². The van der Waals surface area contributed by atoms with Gasteiger partial charge in [-0.15, -0.1) is 0 Å². The minimum Gasteiger partial charge on any atom is -0.497 e. The number of nitrogens with one attached hydrogen (secondary N) is 1. The Labute approximate surface area is 142 Å². The molecule has 0 saturated carbocycles. The second-order valence-electron chi connectivity index (χ2n) is 5.24. The van der Waals surface area contributed by atoms with Crippen LogP contribution in [0.3, 0.4) is 0 Å². The number of carbonyl (C=O) groups is 1. The van der Waals surface area contributed by atoms with Crippen molar-refractivity contribution in [3.63, 3.8) is 0 Å². The van der Waals surface area contributed by atoms with Crippen LogP contribution in [0, 0.1) is 0 Å². The van der Waals surface area contributed by atoms with Gasteiger partial charge in [0.1, 0.15) is 5.75 Å². The number of nitrogens with zero attached hydrogens (tertiary/aromatic N) is 1. The van der Waals surface area contributed by atoms with Gasteiger partial charge in [-0.25, -0.2) is 0 Å². The van der Waals surface area contributed by atoms with Crippen LogP contribution in [0.5, 0.6) is 5.75 Å². The first-order valence-corrected chi connectivity index (χ1v) is 8.82. The van der Waals surface area contributed by atoms with Crippen LogP contribution in [-0.4, -0.2) is 37.6 Å². The van der Waals surface area contributed by atoms with Gasteiger partial charge in [0.25, 0.3) is 5.91 Å². The van der Waals surface area contributed by atoms with E-state index in [9.17, 15) is 4.79 Å². The van der Waals surface area contributed by atoms with Crippen LogP contribution in [0.4, 0.5) is 0 Å². The van der Waals surface area contributed by atoms with Crippen LogP contribution in [-0.2, 0) is 0 Å². The highest BCUT2D eigenvalue weighted by molar-refractivity contribution is 7.08. The third-order valence-electron chi connectivity index (χ3n) is 3.97. The fraction of sp³-hybridized carbons (Fsp3) is 0.389. The number of thiophene rings is 1. The molecule has 0 fully saturated rings. The monoisotopic (exact) mass is 332 g/mol. The zero-order valence-electron chi connectivity index (χ0n) is 13.9. The van der Waals surface area contributed by atoms with Gasteiger partial charge < -0.3 is 10.1 Å². The van der Waals surface area contributed by atoms with E-state index < -0.39 is 0 Å². The molecule has 2 aromatic rings. The lowest BCUT2D eigenvalue weighted by Gasteiger charge is -2.30. The molecule has 1 atom stereocenters. The van der Waals surface area contributed by atoms with Crippen LogP contribution in [0.2, 0.25) is 0 Å². The molecule has 5 heteroatoms. The lowest BCUT2D eigenvalue weighted by molar-refractivity contribution is 0.0935. The topological polar surface area (TPSA) is 41.6 Å². The van der Waals surface area contributed by atoms with Gasteiger partial charge in [-0.3, -0.25) is 9.69 Å². The second kappa shape index (κ2) is 8.70. The minimum atomic E-state index is -0.0219. The molecular weight excluding hydrogens is 308 g/mol. The van der Waals surface area contributed by atoms with E-state index >= 15 is 0 Å². The molecular formula is C18H24N2O2S. The average molecular weight is 332 g/mol. The van der Waals surface area contributed by atoms with Gasteiger partial charge in [-0.05, 0) is 42.2 Å². The predicted molar refractivity (Wildman–Crippen MR) is 95.3 cm³/mol. The first kappa shape index (κ1) is 17.5. The van der Waals surface area contributed by atoms with Crippen LogP contribution in [0.15, 0.2) is 41.1 Å². The smallest absolute Gasteiger partial charge is 0.252 e. The normalized spacial score (nSPS) is 12.2. The summed E-state index contributed by atoms with van der Waals surface area (Å²) in [6.07, 6.45) is 0. The van der Waals surface area contributed by atoms with E-state index in [1.807, 2.05) is 35.0 Å². The molecule has 23 heavy (non-hydrogen) atoms. The van der Waals surface area contributed by atoms with Gasteiger partial charge in [-0.1, -0.05) is 26.0 Å². The fourth-order valence-electron chi connectivity index (χ4n) is 2.66. The number of ether oxygens (including phenoxy) is 1. The first-order valence-electron chi connectivity index (χ1n) is 7.88. The number of hydrogen-bond acceptors (Lipinski definition) is 4. The highest BCUT2D eigenvalue weighted by atomic mass is 32.1. The van der Waals surface area contributed by atoms with Crippen LogP contribution in [0.25, 0.3) is 0 Å². The Morgan fingerprint density at radius 1 is 1.30 bits per heavy atom. The van der Waals surface area contributed by atoms with Gasteiger partial charge >= 0.3 is 0 Å². The molecule has 2 rings (SSSR count). The third kappa shape index (κ3) is 4.56. The van der Waals surface area contributed by atoms with Gasteiger partial charge in [-0.2, -0.15) is 11.3 Å². The summed E-state index contributed by atoms with van der Waals surface area (Å²) in [6.45, 7) is 6.69. The van der Waals surface area contributed by atoms with Crippen LogP contribution >= 0.6 is 11.3 Å². The summed E-state index contributed by atoms with van der Waals surface area (Å²) in [4.78, 5) is 14.6. The highest BCUT2D eigenvalue weighted by Gasteiger charge is 2.19. The molecule has 1 aromatic heterocycles. The van der Waals surface area contributed by atoms with Crippen molar-refractivity contribution in [1.82, 2.24) is 10.2 Å². The van der Waals surface area contributed by atoms with Crippen molar-refractivity contribution in [3.05, 3.63) is 52.2 Å². The van der Waals surface area contributed by atoms with Crippen LogP contribution in [0.1, 0.15) is 35.8 Å². The predicted octanol–water partition coefficient (Wildman–Crippen LogP) is 3.57. The number of rotatable bonds is 8. The SMILES string of the molecule is CCN(CC)C(CNC(=O)c1ccsc1)c1cccc(OC)c1. The fourth-order valence-corrected chi connectivity index (χ4v) is 3.29. The first-order chi connectivity index (χ1) is 11.2. The number of benzene rings is 1. The number of carbonyl (C=O) groups excluding carboxylic acids is 1. The summed E-state index contributed by atoms with van der Waals surface area (Å²) in [7, 11) is 1.67. The second-order valence-corrected chi connectivity index (χ2v) is 6.02. The molecule has 0 aliphatic carbocycles. The van der Waals surface area contributed by atoms with Crippen LogP contribution < -0.4 is 10.1 Å². The summed E-state index contributed by atoms with van der Waals surface area (Å²) in [6, 6.07) is 10.0. The molecule has 0 saturated heterocycles. The zero-order chi connectivity index (χ0) is 16.7. The van der Waals surface area contributed by atoms with E-state index in [4.69, 9.17) is 4.74 Å². The molecule has 0 radical (unpaired) electrons. The van der Waals surface area contributed by atoms with Crippen molar-refractivity contribution >= 4 is 17.2 Å². The van der Waals surface area contributed by atoms with E-state index in [2.05, 4.69) is 30.1 Å². The molecule has 0 aliphatic rings. The molecule has 1 N–H and O–H groups in total. The molecule has 0 bridgehead atoms. The summed E-state index contributed by atoms with van der Waals surface area (Å²) in [5.74, 6) is 0.815. The molecule has 0 spiro atoms. The van der Waals surface area contributed by atoms with Crippen molar-refractivity contribution < 1.29 is 9.53 Å². The van der Waals surface area contributed by atoms with Gasteiger partial charge in [0.05, 0.1) is 13.2 Å². The van der Waals surface area contributed by atoms with Crippen molar-refractivity contribution in [2.24, 2.45) is 0 Å². The Morgan fingerprint density at radius 3 is 2.70 bits per heavy atom. The third-order valence-corrected chi connectivity index (χ3v) is 4.65. The van der Waals surface area contributed by atoms with Gasteiger partial charge in [0.15, 0.2) is 0 Å². The molecule has 4 nitrogen and oxygen atoms in total. The van der Waals surface area contributed by atoms with E-state index in [-0.39, 0.29) is 11.9 Å². The minimum absolute atomic E-state index is 0.0219. The largest absolute Gasteiger partial charge is 0.497 e. The molecule has 1 amide bonds. The molecule has 1 aromatic carbocycles. The Kier molecular flexibility index (Phi) is 6.62. The van der Waals surface area contributed by atoms with E-state index in [0.717, 1.165) is 30.0 Å². The summed E-state index contributed by atoms with van der Waals surface area (Å²) in [5.41, 5.74) is 1.87. The Bertz CT molecular complexity index is 609. The maximum absolute atomic E-state index is 12.2. The molecule has 0 aliphatic heterocycles. The highest BCUT2D eigenvalue weighted by Crippen LogP contribution is 2.24. The van der Waals surface area contributed by atoms with E-state index in [0.29, 0.717) is 6.54 Å². The number of hydrogen-bond donors (Lipinski definition) is 1. The Balaban J connectivity index is 2.15. The molecule has 1 heterocycles. The van der Waals surface area contributed by atoms with Crippen molar-refractivity contribution in [3.8, 4) is 5.75 Å². The number of likely N-dealkylation sites (N-methyl/N-ethyl adjacent to an activating group) is 1. The Hall–Kier alpha value is -1.85. The number of methoxy groups -OCH3 is 1. The lowest BCUT2D eigenvalue weighted by Crippen LogP contribution is -2.38. The number of amides is 1. The standard InChI is InChI=1S/C18H24N2O2S/c1-4-20(5-2)17(14-7-6-8-16(11-14)22-3)12-19-18(21)15-9-10-23-13-15/h6-11,13,17H,4-5,12H2,1-3H3,(H,19,21). The van der Waals surface area contributed by atoms with E-state index in [1.54, 1.807) is 7.11 Å². The quantitative estimate of drug-likeness (QED) is 0.803. The van der Waals surface area contributed by atoms with E-state index in [1.165, 1.54) is 11.3 Å². The molecule has 124 valence electrons. The average Bonchev–Trinajstić information content (AvgIpc) is 3.13. The molecule has 1 unspecified atom stereocenters. The summed E-state index contributed by atoms with van der Waals surface area (Å²) < 4.78 is 5.33. The maximum Gasteiger partial charge on any atom is 0.252 e. The Morgan fingerprint density at radius 2 is 2.09 bits per heavy atom. The lowest BCUT2D eigenvalue weighted by atomic mass is 10.0. The van der Waals surface area contributed by atoms with Crippen molar-refractivity contribution in [2.75, 3.05) is 26.7 Å². The van der Waals surface area contributed by atoms with Gasteiger partial charge in [0, 0.05) is 17.5 Å². The van der Waals surface area contributed by atoms with Crippen molar-refractivity contribution in [2.45, 2.75) is 19.9 Å².